The molecule has 2 rings (SSSR count). The smallest absolute Gasteiger partial charge is 0.327 e. The third-order valence-corrected chi connectivity index (χ3v) is 3.46. The van der Waals surface area contributed by atoms with Crippen LogP contribution in [0.5, 0.6) is 0 Å². The van der Waals surface area contributed by atoms with Crippen LogP contribution >= 0.6 is 35.3 Å². The quantitative estimate of drug-likeness (QED) is 0.836. The fourth-order valence-corrected chi connectivity index (χ4v) is 2.28. The summed E-state index contributed by atoms with van der Waals surface area (Å²) in [5, 5.41) is 7.68. The number of esters is 1. The van der Waals surface area contributed by atoms with E-state index in [2.05, 4.69) is 5.32 Å². The molecule has 1 N–H and O–H groups in total. The van der Waals surface area contributed by atoms with Gasteiger partial charge in [0, 0.05) is 5.02 Å². The average Bonchev–Trinajstić information content (AvgIpc) is 3.04. The van der Waals surface area contributed by atoms with Crippen molar-refractivity contribution in [3.63, 3.8) is 0 Å². The molecule has 0 aliphatic heterocycles. The first kappa shape index (κ1) is 19.9. The van der Waals surface area contributed by atoms with Crippen molar-refractivity contribution in [2.24, 2.45) is 0 Å². The van der Waals surface area contributed by atoms with Crippen molar-refractivity contribution in [2.75, 3.05) is 13.7 Å². The van der Waals surface area contributed by atoms with Gasteiger partial charge in [-0.05, 0) is 28.9 Å². The summed E-state index contributed by atoms with van der Waals surface area (Å²) in [6.45, 7) is 2.60. The van der Waals surface area contributed by atoms with E-state index < -0.39 is 6.04 Å². The maximum absolute atomic E-state index is 11.5. The Morgan fingerprint density at radius 2 is 1.90 bits per heavy atom. The van der Waals surface area contributed by atoms with Gasteiger partial charge in [0.2, 0.25) is 0 Å². The lowest BCUT2D eigenvalue weighted by Crippen LogP contribution is -2.29. The molecule has 0 spiro atoms. The number of hydrogen-bond donors (Lipinski definition) is 1. The fourth-order valence-electron chi connectivity index (χ4n) is 1.58. The number of thiophene rings is 1. The lowest BCUT2D eigenvalue weighted by Gasteiger charge is -2.16. The van der Waals surface area contributed by atoms with Crippen LogP contribution in [-0.2, 0) is 9.53 Å². The van der Waals surface area contributed by atoms with E-state index in [4.69, 9.17) is 16.3 Å². The third kappa shape index (κ3) is 6.96. The summed E-state index contributed by atoms with van der Waals surface area (Å²) in [5.41, 5.74) is 0.743. The van der Waals surface area contributed by atoms with Gasteiger partial charge in [-0.2, -0.15) is 11.3 Å². The van der Waals surface area contributed by atoms with Crippen LogP contribution in [0.4, 0.5) is 0 Å². The molecule has 2 aromatic rings. The first-order chi connectivity index (χ1) is 9.70. The number of carbonyl (C=O) groups excluding carboxylic acids is 1. The largest absolute Gasteiger partial charge is 0.468 e. The summed E-state index contributed by atoms with van der Waals surface area (Å²) in [6.07, 6.45) is 0. The number of benzene rings is 1. The highest BCUT2D eigenvalue weighted by molar-refractivity contribution is 7.07. The van der Waals surface area contributed by atoms with E-state index in [0.29, 0.717) is 11.6 Å². The minimum Gasteiger partial charge on any atom is -0.468 e. The van der Waals surface area contributed by atoms with Crippen molar-refractivity contribution in [1.29, 1.82) is 0 Å². The van der Waals surface area contributed by atoms with E-state index in [1.165, 1.54) is 7.11 Å². The van der Waals surface area contributed by atoms with Crippen LogP contribution in [0.2, 0.25) is 5.02 Å². The standard InChI is InChI=1S/C11H14ClNO2.C4H4S.ClH/c1-3-13-10(11(14)15-2)8-6-4-5-7-9(8)12;1-2-4-5-3-1;/h4-7,10,13H,3H2,1-2H3;1-4H;1H/t10-;;/m0../s1. The van der Waals surface area contributed by atoms with Gasteiger partial charge in [-0.3, -0.25) is 0 Å². The van der Waals surface area contributed by atoms with Crippen LogP contribution in [0, 0.1) is 0 Å². The molecule has 0 saturated carbocycles. The highest BCUT2D eigenvalue weighted by Gasteiger charge is 2.21. The second-order valence-corrected chi connectivity index (χ2v) is 5.05. The number of ether oxygens (including phenoxy) is 1. The number of carbonyl (C=O) groups is 1. The van der Waals surface area contributed by atoms with Gasteiger partial charge in [-0.1, -0.05) is 48.9 Å². The number of halogens is 2. The molecule has 1 aromatic heterocycles. The number of nitrogens with one attached hydrogen (secondary N) is 1. The van der Waals surface area contributed by atoms with Gasteiger partial charge in [0.1, 0.15) is 6.04 Å². The van der Waals surface area contributed by atoms with Crippen LogP contribution in [0.15, 0.2) is 47.2 Å². The normalized spacial score (nSPS) is 10.6. The van der Waals surface area contributed by atoms with Gasteiger partial charge in [0.05, 0.1) is 7.11 Å². The second kappa shape index (κ2) is 11.6. The van der Waals surface area contributed by atoms with Crippen molar-refractivity contribution in [3.8, 4) is 0 Å². The number of methoxy groups -OCH3 is 1. The third-order valence-electron chi connectivity index (χ3n) is 2.49. The summed E-state index contributed by atoms with van der Waals surface area (Å²) in [4.78, 5) is 11.5. The van der Waals surface area contributed by atoms with Gasteiger partial charge in [-0.15, -0.1) is 12.4 Å². The molecule has 21 heavy (non-hydrogen) atoms. The Bertz CT molecular complexity index is 489. The predicted octanol–water partition coefficient (Wildman–Crippen LogP) is 4.33. The topological polar surface area (TPSA) is 38.3 Å². The van der Waals surface area contributed by atoms with E-state index in [9.17, 15) is 4.79 Å². The van der Waals surface area contributed by atoms with Crippen molar-refractivity contribution < 1.29 is 9.53 Å². The van der Waals surface area contributed by atoms with Gasteiger partial charge in [-0.25, -0.2) is 4.79 Å². The van der Waals surface area contributed by atoms with Crippen molar-refractivity contribution in [3.05, 3.63) is 57.7 Å². The Balaban J connectivity index is 0.000000562. The molecular formula is C15H19Cl2NO2S. The van der Waals surface area contributed by atoms with Crippen LogP contribution in [-0.4, -0.2) is 19.6 Å². The van der Waals surface area contributed by atoms with E-state index in [1.54, 1.807) is 17.4 Å². The van der Waals surface area contributed by atoms with Crippen molar-refractivity contribution >= 4 is 41.3 Å². The van der Waals surface area contributed by atoms with Crippen LogP contribution < -0.4 is 5.32 Å². The minimum atomic E-state index is -0.492. The second-order valence-electron chi connectivity index (χ2n) is 3.83. The Morgan fingerprint density at radius 3 is 2.33 bits per heavy atom. The Hall–Kier alpha value is -1.07. The molecule has 116 valence electrons. The van der Waals surface area contributed by atoms with E-state index in [-0.39, 0.29) is 18.4 Å². The SMILES string of the molecule is CCN[C@H](C(=O)OC)c1ccccc1Cl.Cl.c1ccsc1. The van der Waals surface area contributed by atoms with Crippen molar-refractivity contribution in [1.82, 2.24) is 5.32 Å². The van der Waals surface area contributed by atoms with E-state index in [0.717, 1.165) is 5.56 Å². The van der Waals surface area contributed by atoms with Gasteiger partial charge >= 0.3 is 5.97 Å². The zero-order valence-corrected chi connectivity index (χ0v) is 14.3. The van der Waals surface area contributed by atoms with Crippen molar-refractivity contribution in [2.45, 2.75) is 13.0 Å². The molecular weight excluding hydrogens is 329 g/mol. The summed E-state index contributed by atoms with van der Waals surface area (Å²) in [7, 11) is 1.36. The van der Waals surface area contributed by atoms with Gasteiger partial charge < -0.3 is 10.1 Å². The minimum absolute atomic E-state index is 0. The van der Waals surface area contributed by atoms with E-state index in [1.807, 2.05) is 48.0 Å². The van der Waals surface area contributed by atoms with Gasteiger partial charge in [0.15, 0.2) is 0 Å². The monoisotopic (exact) mass is 347 g/mol. The zero-order valence-electron chi connectivity index (χ0n) is 11.9. The van der Waals surface area contributed by atoms with Crippen LogP contribution in [0.3, 0.4) is 0 Å². The summed E-state index contributed by atoms with van der Waals surface area (Å²) in [5.74, 6) is -0.329. The summed E-state index contributed by atoms with van der Waals surface area (Å²) in [6, 6.07) is 10.8. The lowest BCUT2D eigenvalue weighted by atomic mass is 10.1. The maximum atomic E-state index is 11.5. The summed E-state index contributed by atoms with van der Waals surface area (Å²) >= 11 is 7.72. The number of rotatable bonds is 4. The molecule has 0 fully saturated rings. The molecule has 1 heterocycles. The lowest BCUT2D eigenvalue weighted by molar-refractivity contribution is -0.143. The molecule has 1 aromatic carbocycles. The molecule has 3 nitrogen and oxygen atoms in total. The Labute approximate surface area is 140 Å². The fraction of sp³-hybridized carbons (Fsp3) is 0.267. The zero-order chi connectivity index (χ0) is 14.8. The Morgan fingerprint density at radius 1 is 1.29 bits per heavy atom. The van der Waals surface area contributed by atoms with E-state index >= 15 is 0 Å². The first-order valence-corrected chi connectivity index (χ1v) is 7.55. The van der Waals surface area contributed by atoms with Crippen LogP contribution in [0.1, 0.15) is 18.5 Å². The molecule has 0 bridgehead atoms. The molecule has 6 heteroatoms. The van der Waals surface area contributed by atoms with Gasteiger partial charge in [0.25, 0.3) is 0 Å². The molecule has 0 aliphatic carbocycles. The average molecular weight is 348 g/mol. The number of likely N-dealkylation sites (N-methyl/N-ethyl adjacent to an activating group) is 1. The molecule has 0 unspecified atom stereocenters. The summed E-state index contributed by atoms with van der Waals surface area (Å²) < 4.78 is 4.71. The highest BCUT2D eigenvalue weighted by Crippen LogP contribution is 2.23. The maximum Gasteiger partial charge on any atom is 0.327 e. The Kier molecular flexibility index (Phi) is 11.0. The predicted molar refractivity (Wildman–Crippen MR) is 91.5 cm³/mol. The van der Waals surface area contributed by atoms with Crippen LogP contribution in [0.25, 0.3) is 0 Å². The first-order valence-electron chi connectivity index (χ1n) is 6.23. The molecule has 0 saturated heterocycles. The molecule has 0 aliphatic rings. The number of hydrogen-bond acceptors (Lipinski definition) is 4. The molecule has 0 amide bonds. The molecule has 1 atom stereocenters. The highest BCUT2D eigenvalue weighted by atomic mass is 35.5. The molecule has 0 radical (unpaired) electrons.